The van der Waals surface area contributed by atoms with Crippen LogP contribution in [0.1, 0.15) is 30.4 Å². The van der Waals surface area contributed by atoms with Gasteiger partial charge in [-0.05, 0) is 48.6 Å². The zero-order valence-electron chi connectivity index (χ0n) is 12.8. The monoisotopic (exact) mass is 331 g/mol. The summed E-state index contributed by atoms with van der Waals surface area (Å²) in [5.41, 5.74) is 1.12. The zero-order chi connectivity index (χ0) is 16.3. The smallest absolute Gasteiger partial charge is 0.230 e. The fraction of sp³-hybridized carbons (Fsp3) is 0.316. The molecule has 2 nitrogen and oxygen atoms in total. The third kappa shape index (κ3) is 3.25. The molecule has 120 valence electrons. The number of nitrogens with one attached hydrogen (secondary N) is 1. The van der Waals surface area contributed by atoms with Gasteiger partial charge < -0.3 is 5.32 Å². The summed E-state index contributed by atoms with van der Waals surface area (Å²) in [7, 11) is 0. The first-order valence-electron chi connectivity index (χ1n) is 7.90. The quantitative estimate of drug-likeness (QED) is 0.871. The van der Waals surface area contributed by atoms with Gasteiger partial charge in [-0.1, -0.05) is 48.4 Å². The van der Waals surface area contributed by atoms with Crippen molar-refractivity contribution < 1.29 is 9.18 Å². The second-order valence-corrected chi connectivity index (χ2v) is 6.48. The Hall–Kier alpha value is -1.87. The van der Waals surface area contributed by atoms with Gasteiger partial charge in [0.2, 0.25) is 5.91 Å². The minimum Gasteiger partial charge on any atom is -0.355 e. The molecule has 23 heavy (non-hydrogen) atoms. The number of halogens is 2. The minimum absolute atomic E-state index is 0.0161. The summed E-state index contributed by atoms with van der Waals surface area (Å²) in [4.78, 5) is 12.7. The van der Waals surface area contributed by atoms with E-state index in [1.54, 1.807) is 18.2 Å². The fourth-order valence-corrected chi connectivity index (χ4v) is 3.33. The standard InChI is InChI=1S/C19H19ClFNO/c20-16-7-3-6-15(13-16)19(10-4-11-19)18(23)22-12-9-14-5-1-2-8-17(14)21/h1-3,5-8,13H,4,9-12H2,(H,22,23). The normalized spacial score (nSPS) is 15.7. The summed E-state index contributed by atoms with van der Waals surface area (Å²) in [5.74, 6) is -0.211. The number of benzene rings is 2. The molecule has 1 aliphatic carbocycles. The topological polar surface area (TPSA) is 29.1 Å². The highest BCUT2D eigenvalue weighted by Gasteiger charge is 2.45. The molecule has 1 saturated carbocycles. The number of hydrogen-bond acceptors (Lipinski definition) is 1. The lowest BCUT2D eigenvalue weighted by Crippen LogP contribution is -2.49. The highest BCUT2D eigenvalue weighted by atomic mass is 35.5. The van der Waals surface area contributed by atoms with Crippen LogP contribution in [0.25, 0.3) is 0 Å². The molecule has 1 fully saturated rings. The van der Waals surface area contributed by atoms with Gasteiger partial charge >= 0.3 is 0 Å². The molecule has 0 heterocycles. The van der Waals surface area contributed by atoms with E-state index >= 15 is 0 Å². The van der Waals surface area contributed by atoms with Crippen LogP contribution in [0, 0.1) is 5.82 Å². The average molecular weight is 332 g/mol. The molecule has 0 unspecified atom stereocenters. The molecule has 2 aromatic carbocycles. The van der Waals surface area contributed by atoms with Gasteiger partial charge in [-0.15, -0.1) is 0 Å². The summed E-state index contributed by atoms with van der Waals surface area (Å²) >= 11 is 6.07. The largest absolute Gasteiger partial charge is 0.355 e. The Morgan fingerprint density at radius 3 is 2.61 bits per heavy atom. The summed E-state index contributed by atoms with van der Waals surface area (Å²) < 4.78 is 13.6. The maximum Gasteiger partial charge on any atom is 0.230 e. The van der Waals surface area contributed by atoms with Crippen molar-refractivity contribution in [2.24, 2.45) is 0 Å². The molecule has 2 aromatic rings. The summed E-state index contributed by atoms with van der Waals surface area (Å²) in [5, 5.41) is 3.62. The van der Waals surface area contributed by atoms with Crippen LogP contribution in [0.15, 0.2) is 48.5 Å². The lowest BCUT2D eigenvalue weighted by Gasteiger charge is -2.40. The van der Waals surface area contributed by atoms with E-state index in [4.69, 9.17) is 11.6 Å². The van der Waals surface area contributed by atoms with Gasteiger partial charge in [0.05, 0.1) is 5.41 Å². The zero-order valence-corrected chi connectivity index (χ0v) is 13.6. The Bertz CT molecular complexity index is 712. The second-order valence-electron chi connectivity index (χ2n) is 6.04. The van der Waals surface area contributed by atoms with Gasteiger partial charge in [-0.25, -0.2) is 4.39 Å². The van der Waals surface area contributed by atoms with E-state index in [2.05, 4.69) is 5.32 Å². The van der Waals surface area contributed by atoms with E-state index in [0.717, 1.165) is 24.8 Å². The first-order chi connectivity index (χ1) is 11.1. The first-order valence-corrected chi connectivity index (χ1v) is 8.27. The van der Waals surface area contributed by atoms with Crippen LogP contribution >= 0.6 is 11.6 Å². The third-order valence-electron chi connectivity index (χ3n) is 4.66. The summed E-state index contributed by atoms with van der Waals surface area (Å²) in [6.07, 6.45) is 3.19. The molecule has 0 aliphatic heterocycles. The summed E-state index contributed by atoms with van der Waals surface area (Å²) in [6, 6.07) is 14.2. The van der Waals surface area contributed by atoms with Crippen LogP contribution < -0.4 is 5.32 Å². The number of rotatable bonds is 5. The number of hydrogen-bond donors (Lipinski definition) is 1. The Morgan fingerprint density at radius 2 is 1.96 bits per heavy atom. The first kappa shape index (κ1) is 16.0. The number of carbonyl (C=O) groups is 1. The van der Waals surface area contributed by atoms with E-state index in [-0.39, 0.29) is 11.7 Å². The molecule has 0 spiro atoms. The number of carbonyl (C=O) groups excluding carboxylic acids is 1. The van der Waals surface area contributed by atoms with Crippen LogP contribution in [0.2, 0.25) is 5.02 Å². The molecule has 0 saturated heterocycles. The van der Waals surface area contributed by atoms with Crippen molar-refractivity contribution in [3.05, 3.63) is 70.5 Å². The Kier molecular flexibility index (Phi) is 4.67. The van der Waals surface area contributed by atoms with Gasteiger partial charge in [-0.2, -0.15) is 0 Å². The van der Waals surface area contributed by atoms with Crippen molar-refractivity contribution >= 4 is 17.5 Å². The van der Waals surface area contributed by atoms with Gasteiger partial charge in [0.1, 0.15) is 5.82 Å². The van der Waals surface area contributed by atoms with E-state index < -0.39 is 5.41 Å². The molecule has 1 aliphatic rings. The van der Waals surface area contributed by atoms with Crippen LogP contribution in [-0.4, -0.2) is 12.5 Å². The van der Waals surface area contributed by atoms with Crippen molar-refractivity contribution in [3.63, 3.8) is 0 Å². The van der Waals surface area contributed by atoms with E-state index in [0.29, 0.717) is 23.6 Å². The van der Waals surface area contributed by atoms with Gasteiger partial charge in [0.25, 0.3) is 0 Å². The Labute approximate surface area is 140 Å². The molecule has 1 N–H and O–H groups in total. The lowest BCUT2D eigenvalue weighted by atomic mass is 9.64. The van der Waals surface area contributed by atoms with Crippen LogP contribution in [0.4, 0.5) is 4.39 Å². The molecular formula is C19H19ClFNO. The van der Waals surface area contributed by atoms with Gasteiger partial charge in [-0.3, -0.25) is 4.79 Å². The van der Waals surface area contributed by atoms with Gasteiger partial charge in [0, 0.05) is 11.6 Å². The number of amides is 1. The SMILES string of the molecule is O=C(NCCc1ccccc1F)C1(c2cccc(Cl)c2)CCC1. The predicted molar refractivity (Wildman–Crippen MR) is 90.1 cm³/mol. The van der Waals surface area contributed by atoms with Crippen molar-refractivity contribution in [1.29, 1.82) is 0 Å². The molecular weight excluding hydrogens is 313 g/mol. The van der Waals surface area contributed by atoms with Crippen LogP contribution in [0.5, 0.6) is 0 Å². The third-order valence-corrected chi connectivity index (χ3v) is 4.89. The van der Waals surface area contributed by atoms with Crippen LogP contribution in [-0.2, 0) is 16.6 Å². The van der Waals surface area contributed by atoms with Gasteiger partial charge in [0.15, 0.2) is 0 Å². The molecule has 0 radical (unpaired) electrons. The lowest BCUT2D eigenvalue weighted by molar-refractivity contribution is -0.129. The molecule has 0 aromatic heterocycles. The Balaban J connectivity index is 1.66. The highest BCUT2D eigenvalue weighted by Crippen LogP contribution is 2.44. The van der Waals surface area contributed by atoms with Crippen molar-refractivity contribution in [2.75, 3.05) is 6.54 Å². The van der Waals surface area contributed by atoms with E-state index in [1.165, 1.54) is 6.07 Å². The van der Waals surface area contributed by atoms with E-state index in [9.17, 15) is 9.18 Å². The molecule has 4 heteroatoms. The molecule has 3 rings (SSSR count). The maximum atomic E-state index is 13.6. The van der Waals surface area contributed by atoms with Crippen LogP contribution in [0.3, 0.4) is 0 Å². The second kappa shape index (κ2) is 6.71. The average Bonchev–Trinajstić information content (AvgIpc) is 2.48. The fourth-order valence-electron chi connectivity index (χ4n) is 3.14. The maximum absolute atomic E-state index is 13.6. The van der Waals surface area contributed by atoms with E-state index in [1.807, 2.05) is 24.3 Å². The van der Waals surface area contributed by atoms with Crippen molar-refractivity contribution in [3.8, 4) is 0 Å². The van der Waals surface area contributed by atoms with Crippen molar-refractivity contribution in [1.82, 2.24) is 5.32 Å². The predicted octanol–water partition coefficient (Wildman–Crippen LogP) is 4.26. The van der Waals surface area contributed by atoms with Crippen molar-refractivity contribution in [2.45, 2.75) is 31.1 Å². The Morgan fingerprint density at radius 1 is 1.17 bits per heavy atom. The highest BCUT2D eigenvalue weighted by molar-refractivity contribution is 6.30. The summed E-state index contributed by atoms with van der Waals surface area (Å²) in [6.45, 7) is 0.433. The molecule has 0 atom stereocenters. The minimum atomic E-state index is -0.472. The molecule has 1 amide bonds. The molecule has 0 bridgehead atoms.